The Hall–Kier alpha value is -2.12. The number of benzene rings is 2. The SMILES string of the molecule is Clc1cccc(-c2ccc(-c3ccccc3)cc2)n1. The van der Waals surface area contributed by atoms with Gasteiger partial charge in [0.05, 0.1) is 5.69 Å². The van der Waals surface area contributed by atoms with Gasteiger partial charge in [-0.05, 0) is 23.3 Å². The van der Waals surface area contributed by atoms with Gasteiger partial charge in [-0.2, -0.15) is 0 Å². The van der Waals surface area contributed by atoms with Crippen LogP contribution in [0.3, 0.4) is 0 Å². The summed E-state index contributed by atoms with van der Waals surface area (Å²) >= 11 is 5.91. The van der Waals surface area contributed by atoms with Crippen molar-refractivity contribution < 1.29 is 0 Å². The van der Waals surface area contributed by atoms with E-state index < -0.39 is 0 Å². The van der Waals surface area contributed by atoms with Crippen LogP contribution in [-0.2, 0) is 0 Å². The third-order valence-electron chi connectivity index (χ3n) is 3.00. The number of rotatable bonds is 2. The molecule has 0 N–H and O–H groups in total. The van der Waals surface area contributed by atoms with Crippen molar-refractivity contribution in [2.45, 2.75) is 0 Å². The average Bonchev–Trinajstić information content (AvgIpc) is 2.48. The fourth-order valence-corrected chi connectivity index (χ4v) is 2.20. The van der Waals surface area contributed by atoms with E-state index >= 15 is 0 Å². The summed E-state index contributed by atoms with van der Waals surface area (Å²) in [4.78, 5) is 4.31. The first kappa shape index (κ1) is 11.9. The van der Waals surface area contributed by atoms with Crippen LogP contribution in [0.1, 0.15) is 0 Å². The number of pyridine rings is 1. The molecule has 0 fully saturated rings. The predicted octanol–water partition coefficient (Wildman–Crippen LogP) is 5.07. The van der Waals surface area contributed by atoms with Crippen LogP contribution in [0, 0.1) is 0 Å². The lowest BCUT2D eigenvalue weighted by atomic mass is 10.0. The van der Waals surface area contributed by atoms with Gasteiger partial charge < -0.3 is 0 Å². The van der Waals surface area contributed by atoms with E-state index in [-0.39, 0.29) is 0 Å². The number of halogens is 1. The third kappa shape index (κ3) is 2.67. The van der Waals surface area contributed by atoms with Crippen molar-refractivity contribution in [2.75, 3.05) is 0 Å². The van der Waals surface area contributed by atoms with Gasteiger partial charge in [0, 0.05) is 5.56 Å². The van der Waals surface area contributed by atoms with Crippen molar-refractivity contribution in [1.82, 2.24) is 4.98 Å². The number of nitrogens with zero attached hydrogens (tertiary/aromatic N) is 1. The van der Waals surface area contributed by atoms with E-state index in [1.54, 1.807) is 6.07 Å². The highest BCUT2D eigenvalue weighted by atomic mass is 35.5. The topological polar surface area (TPSA) is 12.9 Å². The molecule has 92 valence electrons. The van der Waals surface area contributed by atoms with E-state index in [9.17, 15) is 0 Å². The Labute approximate surface area is 117 Å². The molecule has 0 unspecified atom stereocenters. The summed E-state index contributed by atoms with van der Waals surface area (Å²) in [5.41, 5.74) is 4.38. The molecule has 1 nitrogen and oxygen atoms in total. The molecule has 0 spiro atoms. The van der Waals surface area contributed by atoms with E-state index in [2.05, 4.69) is 41.4 Å². The molecule has 0 radical (unpaired) electrons. The molecule has 0 aliphatic rings. The minimum absolute atomic E-state index is 0.518. The maximum atomic E-state index is 5.91. The monoisotopic (exact) mass is 265 g/mol. The van der Waals surface area contributed by atoms with E-state index in [4.69, 9.17) is 11.6 Å². The van der Waals surface area contributed by atoms with Gasteiger partial charge in [0.1, 0.15) is 5.15 Å². The molecule has 0 saturated heterocycles. The van der Waals surface area contributed by atoms with Crippen LogP contribution >= 0.6 is 11.6 Å². The Kier molecular flexibility index (Phi) is 3.30. The molecule has 3 aromatic rings. The minimum atomic E-state index is 0.518. The molecular formula is C17H12ClN. The molecule has 0 saturated carbocycles. The van der Waals surface area contributed by atoms with Crippen molar-refractivity contribution in [3.05, 3.63) is 77.9 Å². The van der Waals surface area contributed by atoms with Crippen LogP contribution in [0.5, 0.6) is 0 Å². The molecule has 19 heavy (non-hydrogen) atoms. The first-order valence-electron chi connectivity index (χ1n) is 6.11. The van der Waals surface area contributed by atoms with Crippen LogP contribution < -0.4 is 0 Å². The highest BCUT2D eigenvalue weighted by Crippen LogP contribution is 2.24. The quantitative estimate of drug-likeness (QED) is 0.590. The number of aromatic nitrogens is 1. The summed E-state index contributed by atoms with van der Waals surface area (Å²) in [6.07, 6.45) is 0. The smallest absolute Gasteiger partial charge is 0.129 e. The minimum Gasteiger partial charge on any atom is -0.236 e. The summed E-state index contributed by atoms with van der Waals surface area (Å²) in [5.74, 6) is 0. The van der Waals surface area contributed by atoms with E-state index in [0.717, 1.165) is 11.3 Å². The zero-order valence-corrected chi connectivity index (χ0v) is 11.0. The standard InChI is InChI=1S/C17H12ClN/c18-17-8-4-7-16(19-17)15-11-9-14(10-12-15)13-5-2-1-3-6-13/h1-12H. The Morgan fingerprint density at radius 1 is 0.579 bits per heavy atom. The van der Waals surface area contributed by atoms with Crippen LogP contribution in [0.4, 0.5) is 0 Å². The summed E-state index contributed by atoms with van der Waals surface area (Å²) < 4.78 is 0. The average molecular weight is 266 g/mol. The van der Waals surface area contributed by atoms with Gasteiger partial charge in [0.15, 0.2) is 0 Å². The second kappa shape index (κ2) is 5.25. The lowest BCUT2D eigenvalue weighted by Crippen LogP contribution is -1.84. The highest BCUT2D eigenvalue weighted by molar-refractivity contribution is 6.29. The van der Waals surface area contributed by atoms with Gasteiger partial charge in [-0.15, -0.1) is 0 Å². The zero-order valence-electron chi connectivity index (χ0n) is 10.3. The summed E-state index contributed by atoms with van der Waals surface area (Å²) in [7, 11) is 0. The van der Waals surface area contributed by atoms with E-state index in [1.165, 1.54) is 11.1 Å². The summed E-state index contributed by atoms with van der Waals surface area (Å²) in [5, 5.41) is 0.518. The van der Waals surface area contributed by atoms with Crippen LogP contribution in [0.15, 0.2) is 72.8 Å². The van der Waals surface area contributed by atoms with Gasteiger partial charge in [0.25, 0.3) is 0 Å². The van der Waals surface area contributed by atoms with Gasteiger partial charge in [-0.25, -0.2) is 4.98 Å². The van der Waals surface area contributed by atoms with Gasteiger partial charge in [-0.1, -0.05) is 72.3 Å². The molecule has 0 atom stereocenters. The van der Waals surface area contributed by atoms with Crippen molar-refractivity contribution >= 4 is 11.6 Å². The Bertz CT molecular complexity index is 675. The second-order valence-electron chi connectivity index (χ2n) is 4.29. The van der Waals surface area contributed by atoms with Crippen LogP contribution in [0.2, 0.25) is 5.15 Å². The lowest BCUT2D eigenvalue weighted by Gasteiger charge is -2.04. The van der Waals surface area contributed by atoms with E-state index in [1.807, 2.05) is 30.3 Å². The number of hydrogen-bond donors (Lipinski definition) is 0. The maximum absolute atomic E-state index is 5.91. The molecule has 2 heteroatoms. The first-order chi connectivity index (χ1) is 9.33. The van der Waals surface area contributed by atoms with Crippen molar-refractivity contribution in [2.24, 2.45) is 0 Å². The van der Waals surface area contributed by atoms with Gasteiger partial charge in [-0.3, -0.25) is 0 Å². The van der Waals surface area contributed by atoms with Crippen molar-refractivity contribution in [1.29, 1.82) is 0 Å². The maximum Gasteiger partial charge on any atom is 0.129 e. The molecule has 0 bridgehead atoms. The van der Waals surface area contributed by atoms with E-state index in [0.29, 0.717) is 5.15 Å². The zero-order chi connectivity index (χ0) is 13.1. The van der Waals surface area contributed by atoms with Crippen LogP contribution in [-0.4, -0.2) is 4.98 Å². The molecule has 2 aromatic carbocycles. The normalized spacial score (nSPS) is 10.4. The Morgan fingerprint density at radius 2 is 1.21 bits per heavy atom. The lowest BCUT2D eigenvalue weighted by molar-refractivity contribution is 1.33. The first-order valence-corrected chi connectivity index (χ1v) is 6.49. The summed E-state index contributed by atoms with van der Waals surface area (Å²) in [6, 6.07) is 24.3. The van der Waals surface area contributed by atoms with Gasteiger partial charge >= 0.3 is 0 Å². The molecular weight excluding hydrogens is 254 g/mol. The second-order valence-corrected chi connectivity index (χ2v) is 4.68. The molecule has 0 amide bonds. The van der Waals surface area contributed by atoms with Gasteiger partial charge in [0.2, 0.25) is 0 Å². The van der Waals surface area contributed by atoms with Crippen molar-refractivity contribution in [3.8, 4) is 22.4 Å². The molecule has 0 aliphatic carbocycles. The fraction of sp³-hybridized carbons (Fsp3) is 0. The van der Waals surface area contributed by atoms with Crippen molar-refractivity contribution in [3.63, 3.8) is 0 Å². The molecule has 3 rings (SSSR count). The largest absolute Gasteiger partial charge is 0.236 e. The third-order valence-corrected chi connectivity index (χ3v) is 3.21. The highest BCUT2D eigenvalue weighted by Gasteiger charge is 2.01. The number of hydrogen-bond acceptors (Lipinski definition) is 1. The van der Waals surface area contributed by atoms with Crippen LogP contribution in [0.25, 0.3) is 22.4 Å². The Morgan fingerprint density at radius 3 is 1.89 bits per heavy atom. The predicted molar refractivity (Wildman–Crippen MR) is 80.1 cm³/mol. The molecule has 1 aromatic heterocycles. The summed E-state index contributed by atoms with van der Waals surface area (Å²) in [6.45, 7) is 0. The fourth-order valence-electron chi connectivity index (χ4n) is 2.03. The Balaban J connectivity index is 1.95. The molecule has 0 aliphatic heterocycles. The molecule has 1 heterocycles.